The molecule has 0 bridgehead atoms. The Bertz CT molecular complexity index is 730. The van der Waals surface area contributed by atoms with Crippen molar-refractivity contribution in [2.45, 2.75) is 25.3 Å². The first-order valence-corrected chi connectivity index (χ1v) is 8.11. The monoisotopic (exact) mass is 324 g/mol. The maximum absolute atomic E-state index is 12.7. The molecule has 1 aliphatic rings. The minimum Gasteiger partial charge on any atom is -0.506 e. The van der Waals surface area contributed by atoms with Gasteiger partial charge in [-0.25, -0.2) is 0 Å². The van der Waals surface area contributed by atoms with E-state index in [4.69, 9.17) is 0 Å². The number of piperidine rings is 1. The van der Waals surface area contributed by atoms with E-state index in [0.29, 0.717) is 24.2 Å². The molecule has 124 valence electrons. The number of amides is 2. The number of anilines is 1. The molecule has 1 heterocycles. The number of hydrogen-bond donors (Lipinski definition) is 2. The van der Waals surface area contributed by atoms with Crippen LogP contribution in [0.5, 0.6) is 5.75 Å². The minimum atomic E-state index is -0.522. The first-order valence-electron chi connectivity index (χ1n) is 8.11. The number of carbonyl (C=O) groups is 2. The van der Waals surface area contributed by atoms with Crippen LogP contribution in [0.1, 0.15) is 29.6 Å². The summed E-state index contributed by atoms with van der Waals surface area (Å²) >= 11 is 0. The van der Waals surface area contributed by atoms with E-state index < -0.39 is 6.04 Å². The number of hydrogen-bond acceptors (Lipinski definition) is 3. The fourth-order valence-electron chi connectivity index (χ4n) is 2.99. The maximum atomic E-state index is 12.7. The van der Waals surface area contributed by atoms with E-state index in [1.165, 1.54) is 6.07 Å². The standard InChI is InChI=1S/C19H20N2O3/c22-17-12-5-4-10-15(17)20-18(23)16-11-6-7-13-21(16)19(24)14-8-2-1-3-9-14/h1-5,8-10,12,16,22H,6-7,11,13H2,(H,20,23)/t16-/m1/s1. The van der Waals surface area contributed by atoms with Crippen LogP contribution in [0.2, 0.25) is 0 Å². The molecule has 1 atom stereocenters. The lowest BCUT2D eigenvalue weighted by Gasteiger charge is -2.34. The molecule has 0 unspecified atom stereocenters. The molecule has 3 rings (SSSR count). The molecule has 2 aromatic carbocycles. The van der Waals surface area contributed by atoms with Crippen LogP contribution in [0, 0.1) is 0 Å². The smallest absolute Gasteiger partial charge is 0.254 e. The lowest BCUT2D eigenvalue weighted by Crippen LogP contribution is -2.50. The molecule has 0 saturated carbocycles. The molecule has 2 aromatic rings. The van der Waals surface area contributed by atoms with Crippen molar-refractivity contribution < 1.29 is 14.7 Å². The number of nitrogens with one attached hydrogen (secondary N) is 1. The van der Waals surface area contributed by atoms with E-state index in [1.54, 1.807) is 35.2 Å². The van der Waals surface area contributed by atoms with Gasteiger partial charge in [0.1, 0.15) is 11.8 Å². The van der Waals surface area contributed by atoms with Crippen LogP contribution in [0.3, 0.4) is 0 Å². The van der Waals surface area contributed by atoms with Crippen molar-refractivity contribution in [2.75, 3.05) is 11.9 Å². The first kappa shape index (κ1) is 16.1. The highest BCUT2D eigenvalue weighted by atomic mass is 16.3. The summed E-state index contributed by atoms with van der Waals surface area (Å²) in [6.07, 6.45) is 2.41. The van der Waals surface area contributed by atoms with Crippen LogP contribution >= 0.6 is 0 Å². The molecule has 5 nitrogen and oxygen atoms in total. The van der Waals surface area contributed by atoms with Gasteiger partial charge < -0.3 is 15.3 Å². The molecular formula is C19H20N2O3. The third kappa shape index (κ3) is 3.40. The van der Waals surface area contributed by atoms with Crippen molar-refractivity contribution in [1.82, 2.24) is 4.90 Å². The number of rotatable bonds is 3. The van der Waals surface area contributed by atoms with E-state index >= 15 is 0 Å². The number of phenols is 1. The number of carbonyl (C=O) groups excluding carboxylic acids is 2. The van der Waals surface area contributed by atoms with E-state index in [-0.39, 0.29) is 17.6 Å². The Balaban J connectivity index is 1.78. The minimum absolute atomic E-state index is 0.0163. The Morgan fingerprint density at radius 3 is 2.46 bits per heavy atom. The van der Waals surface area contributed by atoms with E-state index in [9.17, 15) is 14.7 Å². The third-order valence-electron chi connectivity index (χ3n) is 4.25. The summed E-state index contributed by atoms with van der Waals surface area (Å²) in [5.41, 5.74) is 0.944. The summed E-state index contributed by atoms with van der Waals surface area (Å²) in [5.74, 6) is -0.379. The van der Waals surface area contributed by atoms with Crippen molar-refractivity contribution in [1.29, 1.82) is 0 Å². The van der Waals surface area contributed by atoms with Crippen LogP contribution in [0.15, 0.2) is 54.6 Å². The van der Waals surface area contributed by atoms with Crippen LogP contribution in [-0.4, -0.2) is 34.4 Å². The van der Waals surface area contributed by atoms with Gasteiger partial charge in [0.15, 0.2) is 0 Å². The average Bonchev–Trinajstić information content (AvgIpc) is 2.63. The van der Waals surface area contributed by atoms with Gasteiger partial charge in [-0.05, 0) is 43.5 Å². The van der Waals surface area contributed by atoms with Crippen molar-refractivity contribution in [3.63, 3.8) is 0 Å². The second-order valence-electron chi connectivity index (χ2n) is 5.88. The molecule has 0 spiro atoms. The van der Waals surface area contributed by atoms with Crippen LogP contribution < -0.4 is 5.32 Å². The van der Waals surface area contributed by atoms with E-state index in [1.807, 2.05) is 18.2 Å². The van der Waals surface area contributed by atoms with Gasteiger partial charge in [-0.3, -0.25) is 9.59 Å². The number of likely N-dealkylation sites (tertiary alicyclic amines) is 1. The highest BCUT2D eigenvalue weighted by molar-refractivity contribution is 6.01. The average molecular weight is 324 g/mol. The topological polar surface area (TPSA) is 69.6 Å². The largest absolute Gasteiger partial charge is 0.506 e. The van der Waals surface area contributed by atoms with Gasteiger partial charge in [0, 0.05) is 12.1 Å². The molecular weight excluding hydrogens is 304 g/mol. The lowest BCUT2D eigenvalue weighted by molar-refractivity contribution is -0.121. The van der Waals surface area contributed by atoms with Crippen molar-refractivity contribution >= 4 is 17.5 Å². The van der Waals surface area contributed by atoms with Gasteiger partial charge in [0.2, 0.25) is 5.91 Å². The van der Waals surface area contributed by atoms with Crippen molar-refractivity contribution in [3.8, 4) is 5.75 Å². The summed E-state index contributed by atoms with van der Waals surface area (Å²) in [6, 6.07) is 15.1. The molecule has 24 heavy (non-hydrogen) atoms. The normalized spacial score (nSPS) is 17.3. The van der Waals surface area contributed by atoms with Gasteiger partial charge in [-0.2, -0.15) is 0 Å². The summed E-state index contributed by atoms with van der Waals surface area (Å²) in [4.78, 5) is 27.0. The Morgan fingerprint density at radius 2 is 1.71 bits per heavy atom. The maximum Gasteiger partial charge on any atom is 0.254 e. The molecule has 0 aliphatic carbocycles. The SMILES string of the molecule is O=C(Nc1ccccc1O)[C@H]1CCCCN1C(=O)c1ccccc1. The first-order chi connectivity index (χ1) is 11.7. The molecule has 0 aromatic heterocycles. The molecule has 1 aliphatic heterocycles. The Kier molecular flexibility index (Phi) is 4.79. The number of para-hydroxylation sites is 2. The molecule has 0 radical (unpaired) electrons. The lowest BCUT2D eigenvalue weighted by atomic mass is 10.00. The Morgan fingerprint density at radius 1 is 1.00 bits per heavy atom. The molecule has 1 saturated heterocycles. The number of nitrogens with zero attached hydrogens (tertiary/aromatic N) is 1. The van der Waals surface area contributed by atoms with Crippen LogP contribution in [0.4, 0.5) is 5.69 Å². The van der Waals surface area contributed by atoms with Gasteiger partial charge >= 0.3 is 0 Å². The zero-order valence-corrected chi connectivity index (χ0v) is 13.3. The summed E-state index contributed by atoms with van der Waals surface area (Å²) in [7, 11) is 0. The van der Waals surface area contributed by atoms with E-state index in [0.717, 1.165) is 12.8 Å². The summed E-state index contributed by atoms with van der Waals surface area (Å²) in [6.45, 7) is 0.562. The van der Waals surface area contributed by atoms with Gasteiger partial charge in [0.05, 0.1) is 5.69 Å². The number of benzene rings is 2. The van der Waals surface area contributed by atoms with Gasteiger partial charge in [0.25, 0.3) is 5.91 Å². The highest BCUT2D eigenvalue weighted by Crippen LogP contribution is 2.25. The predicted octanol–water partition coefficient (Wildman–Crippen LogP) is 3.03. The molecule has 2 N–H and O–H groups in total. The summed E-state index contributed by atoms with van der Waals surface area (Å²) < 4.78 is 0. The van der Waals surface area contributed by atoms with E-state index in [2.05, 4.69) is 5.32 Å². The van der Waals surface area contributed by atoms with Crippen LogP contribution in [0.25, 0.3) is 0 Å². The zero-order valence-electron chi connectivity index (χ0n) is 13.3. The molecule has 1 fully saturated rings. The zero-order chi connectivity index (χ0) is 16.9. The molecule has 2 amide bonds. The van der Waals surface area contributed by atoms with Crippen molar-refractivity contribution in [3.05, 3.63) is 60.2 Å². The number of aromatic hydroxyl groups is 1. The fourth-order valence-corrected chi connectivity index (χ4v) is 2.99. The second-order valence-corrected chi connectivity index (χ2v) is 5.88. The fraction of sp³-hybridized carbons (Fsp3) is 0.263. The molecule has 5 heteroatoms. The quantitative estimate of drug-likeness (QED) is 0.853. The second kappa shape index (κ2) is 7.17. The Labute approximate surface area is 140 Å². The van der Waals surface area contributed by atoms with Crippen LogP contribution in [-0.2, 0) is 4.79 Å². The summed E-state index contributed by atoms with van der Waals surface area (Å²) in [5, 5.41) is 12.5. The number of phenolic OH excluding ortho intramolecular Hbond substituents is 1. The highest BCUT2D eigenvalue weighted by Gasteiger charge is 2.32. The van der Waals surface area contributed by atoms with Gasteiger partial charge in [-0.1, -0.05) is 30.3 Å². The third-order valence-corrected chi connectivity index (χ3v) is 4.25. The Hall–Kier alpha value is -2.82. The van der Waals surface area contributed by atoms with Gasteiger partial charge in [-0.15, -0.1) is 0 Å². The predicted molar refractivity (Wildman–Crippen MR) is 91.9 cm³/mol. The van der Waals surface area contributed by atoms with Crippen molar-refractivity contribution in [2.24, 2.45) is 0 Å².